The van der Waals surface area contributed by atoms with Crippen molar-refractivity contribution in [3.05, 3.63) is 118 Å². The van der Waals surface area contributed by atoms with Crippen molar-refractivity contribution in [2.45, 2.75) is 77.6 Å². The summed E-state index contributed by atoms with van der Waals surface area (Å²) < 4.78 is 95.6. The highest BCUT2D eigenvalue weighted by Gasteiger charge is 2.47. The maximum absolute atomic E-state index is 16.3. The van der Waals surface area contributed by atoms with Crippen molar-refractivity contribution in [2.24, 2.45) is 22.1 Å². The van der Waals surface area contributed by atoms with E-state index in [-0.39, 0.29) is 74.9 Å². The molecule has 9 rings (SSSR count). The molecule has 0 radical (unpaired) electrons. The normalized spacial score (nSPS) is 19.4. The first kappa shape index (κ1) is 55.1. The highest BCUT2D eigenvalue weighted by Crippen LogP contribution is 2.44. The van der Waals surface area contributed by atoms with Gasteiger partial charge in [0.05, 0.1) is 16.6 Å². The molecule has 6 heterocycles. The van der Waals surface area contributed by atoms with Crippen LogP contribution in [0.3, 0.4) is 0 Å². The maximum Gasteiger partial charge on any atom is 0.410 e. The molecule has 2 amide bonds. The number of benzene rings is 3. The van der Waals surface area contributed by atoms with Crippen LogP contribution in [0.4, 0.5) is 38.0 Å². The van der Waals surface area contributed by atoms with Crippen molar-refractivity contribution >= 4 is 52.2 Å². The van der Waals surface area contributed by atoms with Crippen LogP contribution in [-0.4, -0.2) is 127 Å². The fraction of sp³-hybridized carbons (Fsp3) is 0.455. The molecular formula is C55H62ClF6N11O4. The Morgan fingerprint density at radius 2 is 1.69 bits per heavy atom. The van der Waals surface area contributed by atoms with E-state index in [4.69, 9.17) is 31.6 Å². The van der Waals surface area contributed by atoms with Crippen molar-refractivity contribution in [3.8, 4) is 17.1 Å². The number of piperidine rings is 1. The number of carbonyl (C=O) groups excluding carboxylic acids is 2. The number of anilines is 2. The zero-order valence-electron chi connectivity index (χ0n) is 43.3. The number of piperazine rings is 1. The van der Waals surface area contributed by atoms with E-state index in [1.807, 2.05) is 31.7 Å². The van der Waals surface area contributed by atoms with Crippen molar-refractivity contribution < 1.29 is 45.2 Å². The monoisotopic (exact) mass is 1090 g/mol. The predicted octanol–water partition coefficient (Wildman–Crippen LogP) is 9.08. The molecule has 5 aromatic rings. The van der Waals surface area contributed by atoms with E-state index in [9.17, 15) is 31.5 Å². The molecule has 4 aliphatic rings. The number of carbonyl (C=O) groups is 2. The smallest absolute Gasteiger partial charge is 0.410 e. The second-order valence-electron chi connectivity index (χ2n) is 20.8. The average molecular weight is 1090 g/mol. The molecule has 410 valence electrons. The van der Waals surface area contributed by atoms with Crippen molar-refractivity contribution in [1.82, 2.24) is 35.6 Å². The Balaban J connectivity index is 0.783. The third-order valence-corrected chi connectivity index (χ3v) is 15.3. The van der Waals surface area contributed by atoms with E-state index >= 15 is 4.39 Å². The van der Waals surface area contributed by atoms with Gasteiger partial charge in [-0.1, -0.05) is 60.9 Å². The number of fused-ring (bicyclic) bond motifs is 1. The molecule has 0 saturated carbocycles. The van der Waals surface area contributed by atoms with Gasteiger partial charge in [0.25, 0.3) is 0 Å². The second-order valence-corrected chi connectivity index (χ2v) is 21.2. The summed E-state index contributed by atoms with van der Waals surface area (Å²) in [5.41, 5.74) is 6.56. The summed E-state index contributed by atoms with van der Waals surface area (Å²) in [4.78, 5) is 49.4. The molecule has 4 aliphatic heterocycles. The first-order valence-electron chi connectivity index (χ1n) is 25.9. The Morgan fingerprint density at radius 1 is 0.987 bits per heavy atom. The Kier molecular flexibility index (Phi) is 16.5. The molecule has 3 atom stereocenters. The van der Waals surface area contributed by atoms with Crippen LogP contribution in [0.25, 0.3) is 22.0 Å². The van der Waals surface area contributed by atoms with Gasteiger partial charge in [0.1, 0.15) is 47.4 Å². The van der Waals surface area contributed by atoms with Gasteiger partial charge in [0, 0.05) is 87.1 Å². The zero-order chi connectivity index (χ0) is 54.8. The number of aliphatic imine (C=N–C) groups is 1. The van der Waals surface area contributed by atoms with E-state index < -0.39 is 41.6 Å². The number of likely N-dealkylation sites (tertiary alicyclic amines) is 2. The summed E-state index contributed by atoms with van der Waals surface area (Å²) in [5.74, 6) is -2.12. The Morgan fingerprint density at radius 3 is 2.36 bits per heavy atom. The van der Waals surface area contributed by atoms with Crippen molar-refractivity contribution in [1.29, 1.82) is 0 Å². The van der Waals surface area contributed by atoms with Gasteiger partial charge in [-0.2, -0.15) is 23.1 Å². The van der Waals surface area contributed by atoms with E-state index in [0.29, 0.717) is 80.5 Å². The number of nitrogens with one attached hydrogen (secondary N) is 2. The van der Waals surface area contributed by atoms with Crippen LogP contribution in [0.1, 0.15) is 82.2 Å². The van der Waals surface area contributed by atoms with Crippen LogP contribution in [-0.2, 0) is 9.59 Å². The highest BCUT2D eigenvalue weighted by atomic mass is 35.5. The molecule has 4 fully saturated rings. The summed E-state index contributed by atoms with van der Waals surface area (Å²) >= 11 is 6.57. The second kappa shape index (κ2) is 23.1. The van der Waals surface area contributed by atoms with Crippen molar-refractivity contribution in [2.75, 3.05) is 81.9 Å². The molecule has 2 aromatic heterocycles. The van der Waals surface area contributed by atoms with E-state index in [1.165, 1.54) is 31.2 Å². The van der Waals surface area contributed by atoms with Gasteiger partial charge >= 0.3 is 12.2 Å². The lowest BCUT2D eigenvalue weighted by atomic mass is 9.72. The maximum atomic E-state index is 16.3. The molecule has 15 nitrogen and oxygen atoms in total. The quantitative estimate of drug-likeness (QED) is 0.0488. The minimum atomic E-state index is -4.54. The number of rotatable bonds is 16. The minimum absolute atomic E-state index is 0.00674. The van der Waals surface area contributed by atoms with Crippen LogP contribution < -0.4 is 30.9 Å². The number of hydrogen-bond acceptors (Lipinski definition) is 13. The number of nitrogens with zero attached hydrogens (tertiary/aromatic N) is 8. The van der Waals surface area contributed by atoms with Crippen LogP contribution in [0.5, 0.6) is 6.01 Å². The number of nitrogens with two attached hydrogens (primary N) is 1. The number of halogens is 7. The lowest BCUT2D eigenvalue weighted by Crippen LogP contribution is -2.60. The number of ether oxygens (including phenoxy) is 1. The van der Waals surface area contributed by atoms with E-state index in [2.05, 4.69) is 35.6 Å². The van der Waals surface area contributed by atoms with Gasteiger partial charge in [-0.25, -0.2) is 18.2 Å². The van der Waals surface area contributed by atoms with Gasteiger partial charge in [0.15, 0.2) is 17.4 Å². The number of allylic oxidation sites excluding steroid dienone is 3. The minimum Gasteiger partial charge on any atom is -0.462 e. The highest BCUT2D eigenvalue weighted by molar-refractivity contribution is 6.34. The van der Waals surface area contributed by atoms with Gasteiger partial charge in [0.2, 0.25) is 11.8 Å². The topological polar surface area (TPSA) is 171 Å². The fourth-order valence-corrected chi connectivity index (χ4v) is 11.1. The molecule has 0 aliphatic carbocycles. The van der Waals surface area contributed by atoms with Crippen LogP contribution in [0.2, 0.25) is 5.02 Å². The SMILES string of the molecule is CC(/C=C(/N)N=Cc1c(Cl)cc2c(N3CCNCC3)nc(OCCN3CCC4(CC3)CN(c3cc(C(C(=O)N5CCCC5C(=O)NC(C)c5ccc(-c6c(F)cccc6F)cc5)C(C)C)on3)C4)nc2c1F)=C\C(F)(F)F. The fourth-order valence-electron chi connectivity index (χ4n) is 10.8. The van der Waals surface area contributed by atoms with Gasteiger partial charge in [-0.15, -0.1) is 0 Å². The van der Waals surface area contributed by atoms with Gasteiger partial charge in [-0.05, 0) is 99.5 Å². The average Bonchev–Trinajstić information content (AvgIpc) is 4.09. The summed E-state index contributed by atoms with van der Waals surface area (Å²) in [6, 6.07) is 12.7. The Bertz CT molecular complexity index is 3030. The van der Waals surface area contributed by atoms with Crippen LogP contribution >= 0.6 is 11.6 Å². The standard InChI is InChI=1S/C55H62ClF6N11O4/c1-32(2)46(52(75)73-18-6-9-42(73)51(74)66-34(4)35-10-12-36(13-11-35)47-40(57)7-5-8-41(47)58)43-27-45(69-77-43)72-30-54(31-72)14-19-70(20-15-54)23-24-76-53-67-49-37(50(68-53)71-21-16-64-17-22-71)26-39(56)38(48(49)59)29-65-44(63)25-33(3)28-55(60,61)62/h5,7-8,10-13,25-29,32,34,42,46,64H,6,9,14-24,30-31,63H2,1-4H3,(H,66,74)/b33-28+,44-25-,65-29?. The molecule has 4 N–H and O–H groups in total. The van der Waals surface area contributed by atoms with E-state index in [1.54, 1.807) is 29.2 Å². The third-order valence-electron chi connectivity index (χ3n) is 15.0. The van der Waals surface area contributed by atoms with Gasteiger partial charge in [-0.3, -0.25) is 14.5 Å². The predicted molar refractivity (Wildman–Crippen MR) is 282 cm³/mol. The Labute approximate surface area is 447 Å². The first-order valence-corrected chi connectivity index (χ1v) is 26.3. The summed E-state index contributed by atoms with van der Waals surface area (Å²) in [7, 11) is 0. The molecular weight excluding hydrogens is 1030 g/mol. The Hall–Kier alpha value is -6.71. The number of amides is 2. The van der Waals surface area contributed by atoms with Gasteiger partial charge < -0.3 is 40.3 Å². The first-order chi connectivity index (χ1) is 36.8. The summed E-state index contributed by atoms with van der Waals surface area (Å²) in [5, 5.41) is 11.1. The van der Waals surface area contributed by atoms with E-state index in [0.717, 1.165) is 56.9 Å². The molecule has 22 heteroatoms. The lowest BCUT2D eigenvalue weighted by Gasteiger charge is -2.54. The zero-order valence-corrected chi connectivity index (χ0v) is 44.0. The lowest BCUT2D eigenvalue weighted by molar-refractivity contribution is -0.141. The number of hydrogen-bond donors (Lipinski definition) is 3. The summed E-state index contributed by atoms with van der Waals surface area (Å²) in [6.45, 7) is 13.9. The number of aromatic nitrogens is 3. The van der Waals surface area contributed by atoms with Crippen LogP contribution in [0, 0.1) is 28.8 Å². The summed E-state index contributed by atoms with van der Waals surface area (Å²) in [6.07, 6.45) is 0.665. The molecule has 0 bridgehead atoms. The largest absolute Gasteiger partial charge is 0.462 e. The molecule has 3 unspecified atom stereocenters. The molecule has 3 aromatic carbocycles. The van der Waals surface area contributed by atoms with Crippen LogP contribution in [0.15, 0.2) is 87.7 Å². The molecule has 4 saturated heterocycles. The third kappa shape index (κ3) is 12.5. The number of alkyl halides is 3. The molecule has 1 spiro atoms. The van der Waals surface area contributed by atoms with Crippen molar-refractivity contribution in [3.63, 3.8) is 0 Å². The molecule has 77 heavy (non-hydrogen) atoms.